The van der Waals surface area contributed by atoms with E-state index in [0.717, 1.165) is 16.7 Å². The van der Waals surface area contributed by atoms with Gasteiger partial charge in [0.05, 0.1) is 11.0 Å². The van der Waals surface area contributed by atoms with Gasteiger partial charge in [-0.05, 0) is 18.6 Å². The van der Waals surface area contributed by atoms with Crippen molar-refractivity contribution in [2.75, 3.05) is 19.0 Å². The molecule has 31 heavy (non-hydrogen) atoms. The first-order valence-corrected chi connectivity index (χ1v) is 10.5. The van der Waals surface area contributed by atoms with Gasteiger partial charge in [-0.1, -0.05) is 32.9 Å². The zero-order valence-corrected chi connectivity index (χ0v) is 18.8. The maximum atomic E-state index is 13.0. The van der Waals surface area contributed by atoms with Gasteiger partial charge in [-0.25, -0.2) is 15.0 Å². The Morgan fingerprint density at radius 1 is 1.23 bits per heavy atom. The summed E-state index contributed by atoms with van der Waals surface area (Å²) in [5, 5.41) is 0.676. The molecule has 0 atom stereocenters. The second-order valence-corrected chi connectivity index (χ2v) is 7.28. The first-order valence-electron chi connectivity index (χ1n) is 9.68. The average molecular weight is 452 g/mol. The van der Waals surface area contributed by atoms with Gasteiger partial charge in [0.2, 0.25) is 0 Å². The Labute approximate surface area is 182 Å². The molecule has 166 valence electrons. The third-order valence-corrected chi connectivity index (χ3v) is 5.06. The van der Waals surface area contributed by atoms with Gasteiger partial charge < -0.3 is 4.90 Å². The van der Waals surface area contributed by atoms with E-state index in [2.05, 4.69) is 15.0 Å². The second kappa shape index (κ2) is 10.3. The van der Waals surface area contributed by atoms with E-state index in [1.165, 1.54) is 42.3 Å². The molecular formula is C21H24F3N5OS. The van der Waals surface area contributed by atoms with Crippen molar-refractivity contribution in [3.05, 3.63) is 52.9 Å². The number of fused-ring (bicyclic) bond motifs is 3. The number of anilines is 1. The fraction of sp³-hybridized carbons (Fsp3) is 0.333. The molecule has 0 unspecified atom stereocenters. The highest BCUT2D eigenvalue weighted by molar-refractivity contribution is 7.25. The molecule has 6 nitrogen and oxygen atoms in total. The standard InChI is InChI=1S/C19H18F3N5OS.C2H6/c1-4-5-7-12(19(20,21)22)8-6-9-27-11-25-14-13-16(26(2)3)23-10-24-17(13)29-15(14)18(27)28;1-2/h5-11H,4H2,1-3H3;1-2H3/b7-5-,9-6+,12-8+;. The fourth-order valence-corrected chi connectivity index (χ4v) is 3.66. The first-order chi connectivity index (χ1) is 14.7. The Bertz CT molecular complexity index is 1190. The van der Waals surface area contributed by atoms with Crippen LogP contribution in [0.4, 0.5) is 19.0 Å². The van der Waals surface area contributed by atoms with Gasteiger partial charge in [-0.2, -0.15) is 13.2 Å². The minimum absolute atomic E-state index is 0.363. The van der Waals surface area contributed by atoms with E-state index >= 15 is 0 Å². The summed E-state index contributed by atoms with van der Waals surface area (Å²) in [5.74, 6) is 0.641. The summed E-state index contributed by atoms with van der Waals surface area (Å²) >= 11 is 1.18. The van der Waals surface area contributed by atoms with Crippen molar-refractivity contribution in [2.45, 2.75) is 33.4 Å². The van der Waals surface area contributed by atoms with Gasteiger partial charge in [0.15, 0.2) is 0 Å². The maximum absolute atomic E-state index is 13.0. The fourth-order valence-electron chi connectivity index (χ4n) is 2.64. The summed E-state index contributed by atoms with van der Waals surface area (Å²) in [4.78, 5) is 28.0. The smallest absolute Gasteiger partial charge is 0.362 e. The molecule has 0 saturated carbocycles. The van der Waals surface area contributed by atoms with Crippen molar-refractivity contribution in [3.63, 3.8) is 0 Å². The van der Waals surface area contributed by atoms with Crippen molar-refractivity contribution in [3.8, 4) is 0 Å². The summed E-state index contributed by atoms with van der Waals surface area (Å²) in [6, 6.07) is 0. The van der Waals surface area contributed by atoms with Crippen LogP contribution in [0.2, 0.25) is 0 Å². The quantitative estimate of drug-likeness (QED) is 0.485. The zero-order chi connectivity index (χ0) is 23.2. The monoisotopic (exact) mass is 451 g/mol. The van der Waals surface area contributed by atoms with Crippen LogP contribution in [0, 0.1) is 0 Å². The zero-order valence-electron chi connectivity index (χ0n) is 17.9. The van der Waals surface area contributed by atoms with Crippen molar-refractivity contribution >= 4 is 43.8 Å². The largest absolute Gasteiger partial charge is 0.416 e. The summed E-state index contributed by atoms with van der Waals surface area (Å²) < 4.78 is 40.6. The molecule has 0 radical (unpaired) electrons. The SMILES string of the molecule is CC.CC\C=C/C(=C\C=C\n1cnc2c(sc3ncnc(N(C)C)c32)c1=O)C(F)(F)F. The van der Waals surface area contributed by atoms with E-state index in [4.69, 9.17) is 0 Å². The number of alkyl halides is 3. The van der Waals surface area contributed by atoms with Crippen LogP contribution < -0.4 is 10.5 Å². The molecule has 0 aliphatic heterocycles. The normalized spacial score (nSPS) is 12.7. The molecule has 0 N–H and O–H groups in total. The highest BCUT2D eigenvalue weighted by Crippen LogP contribution is 2.33. The summed E-state index contributed by atoms with van der Waals surface area (Å²) in [5.41, 5.74) is -0.711. The van der Waals surface area contributed by atoms with E-state index in [0.29, 0.717) is 32.7 Å². The molecule has 0 amide bonds. The minimum atomic E-state index is -4.48. The Kier molecular flexibility index (Phi) is 8.09. The number of allylic oxidation sites excluding steroid dienone is 5. The average Bonchev–Trinajstić information content (AvgIpc) is 3.12. The van der Waals surface area contributed by atoms with Crippen LogP contribution in [0.3, 0.4) is 0 Å². The molecule has 3 rings (SSSR count). The Morgan fingerprint density at radius 3 is 2.55 bits per heavy atom. The molecule has 0 aromatic carbocycles. The molecule has 0 aliphatic rings. The Hall–Kier alpha value is -3.01. The van der Waals surface area contributed by atoms with Crippen molar-refractivity contribution in [1.29, 1.82) is 0 Å². The Morgan fingerprint density at radius 2 is 1.94 bits per heavy atom. The van der Waals surface area contributed by atoms with Crippen LogP contribution in [0.25, 0.3) is 26.6 Å². The van der Waals surface area contributed by atoms with Crippen LogP contribution in [-0.2, 0) is 0 Å². The molecule has 0 saturated heterocycles. The first kappa shape index (κ1) is 24.3. The van der Waals surface area contributed by atoms with Crippen LogP contribution in [0.15, 0.2) is 47.3 Å². The molecule has 0 fully saturated rings. The lowest BCUT2D eigenvalue weighted by Gasteiger charge is -2.11. The van der Waals surface area contributed by atoms with Crippen LogP contribution in [0.5, 0.6) is 0 Å². The van der Waals surface area contributed by atoms with Crippen LogP contribution >= 0.6 is 11.3 Å². The molecule has 0 aliphatic carbocycles. The molecule has 10 heteroatoms. The van der Waals surface area contributed by atoms with Gasteiger partial charge in [0.25, 0.3) is 5.56 Å². The minimum Gasteiger partial charge on any atom is -0.362 e. The number of halogens is 3. The van der Waals surface area contributed by atoms with Crippen molar-refractivity contribution in [2.24, 2.45) is 0 Å². The predicted molar refractivity (Wildman–Crippen MR) is 122 cm³/mol. The molecule has 3 aromatic heterocycles. The number of hydrogen-bond donors (Lipinski definition) is 0. The van der Waals surface area contributed by atoms with E-state index in [1.54, 1.807) is 11.8 Å². The summed E-state index contributed by atoms with van der Waals surface area (Å²) in [7, 11) is 3.65. The molecular weight excluding hydrogens is 427 g/mol. The van der Waals surface area contributed by atoms with Crippen LogP contribution in [-0.4, -0.2) is 39.8 Å². The number of nitrogens with zero attached hydrogens (tertiary/aromatic N) is 5. The van der Waals surface area contributed by atoms with E-state index in [9.17, 15) is 18.0 Å². The molecule has 3 aromatic rings. The number of hydrogen-bond acceptors (Lipinski definition) is 6. The van der Waals surface area contributed by atoms with Gasteiger partial charge >= 0.3 is 6.18 Å². The summed E-state index contributed by atoms with van der Waals surface area (Å²) in [6.45, 7) is 5.75. The van der Waals surface area contributed by atoms with E-state index in [1.807, 2.05) is 27.9 Å². The summed E-state index contributed by atoms with van der Waals surface area (Å²) in [6.07, 6.45) is 4.50. The third-order valence-electron chi connectivity index (χ3n) is 3.99. The highest BCUT2D eigenvalue weighted by atomic mass is 32.1. The number of thiophene rings is 1. The van der Waals surface area contributed by atoms with Crippen LogP contribution in [0.1, 0.15) is 27.2 Å². The number of aromatic nitrogens is 4. The lowest BCUT2D eigenvalue weighted by atomic mass is 10.2. The van der Waals surface area contributed by atoms with E-state index in [-0.39, 0.29) is 5.56 Å². The van der Waals surface area contributed by atoms with Gasteiger partial charge in [0, 0.05) is 20.3 Å². The highest BCUT2D eigenvalue weighted by Gasteiger charge is 2.31. The maximum Gasteiger partial charge on any atom is 0.416 e. The third kappa shape index (κ3) is 5.38. The molecule has 0 bridgehead atoms. The lowest BCUT2D eigenvalue weighted by molar-refractivity contribution is -0.0881. The molecule has 3 heterocycles. The lowest BCUT2D eigenvalue weighted by Crippen LogP contribution is -2.15. The second-order valence-electron chi connectivity index (χ2n) is 6.28. The van der Waals surface area contributed by atoms with Gasteiger partial charge in [-0.15, -0.1) is 11.3 Å². The van der Waals surface area contributed by atoms with Crippen molar-refractivity contribution in [1.82, 2.24) is 19.5 Å². The molecule has 0 spiro atoms. The van der Waals surface area contributed by atoms with Crippen molar-refractivity contribution < 1.29 is 13.2 Å². The number of rotatable bonds is 5. The van der Waals surface area contributed by atoms with Gasteiger partial charge in [-0.3, -0.25) is 9.36 Å². The van der Waals surface area contributed by atoms with E-state index < -0.39 is 11.7 Å². The van der Waals surface area contributed by atoms with Gasteiger partial charge in [0.1, 0.15) is 33.5 Å². The topological polar surface area (TPSA) is 63.9 Å². The predicted octanol–water partition coefficient (Wildman–Crippen LogP) is 5.42. The Balaban J connectivity index is 0.00000166.